The maximum atomic E-state index is 12.9. The number of hydrogen-bond donors (Lipinski definition) is 1. The van der Waals surface area contributed by atoms with Crippen molar-refractivity contribution < 1.29 is 14.3 Å². The molecule has 1 N–H and O–H groups in total. The highest BCUT2D eigenvalue weighted by molar-refractivity contribution is 6.40. The van der Waals surface area contributed by atoms with E-state index in [2.05, 4.69) is 10.3 Å². The second kappa shape index (κ2) is 9.76. The molecule has 1 aliphatic heterocycles. The van der Waals surface area contributed by atoms with Crippen molar-refractivity contribution in [2.75, 3.05) is 25.0 Å². The number of carbonyl (C=O) groups excluding carboxylic acids is 2. The Hall–Kier alpha value is -2.83. The number of piperidine rings is 1. The van der Waals surface area contributed by atoms with Crippen LogP contribution in [-0.4, -0.2) is 41.4 Å². The normalized spacial score (nSPS) is 13.8. The van der Waals surface area contributed by atoms with E-state index in [1.807, 2.05) is 17.9 Å². The molecule has 2 amide bonds. The smallest absolute Gasteiger partial charge is 0.260 e. The largest absolute Gasteiger partial charge is 0.483 e. The van der Waals surface area contributed by atoms with Crippen LogP contribution in [0.2, 0.25) is 10.0 Å². The molecule has 8 heteroatoms. The Kier molecular flexibility index (Phi) is 6.82. The number of pyridine rings is 1. The van der Waals surface area contributed by atoms with Crippen molar-refractivity contribution in [2.45, 2.75) is 26.2 Å². The highest BCUT2D eigenvalue weighted by atomic mass is 35.5. The minimum absolute atomic E-state index is 0.0214. The summed E-state index contributed by atoms with van der Waals surface area (Å²) in [6.45, 7) is 3.39. The quantitative estimate of drug-likeness (QED) is 0.533. The number of para-hydroxylation sites is 1. The van der Waals surface area contributed by atoms with Crippen LogP contribution in [0, 0.1) is 6.92 Å². The van der Waals surface area contributed by atoms with Gasteiger partial charge in [-0.15, -0.1) is 0 Å². The fourth-order valence-corrected chi connectivity index (χ4v) is 4.43. The number of hydrogen-bond acceptors (Lipinski definition) is 4. The summed E-state index contributed by atoms with van der Waals surface area (Å²) >= 11 is 12.3. The van der Waals surface area contributed by atoms with Gasteiger partial charge in [-0.3, -0.25) is 14.6 Å². The highest BCUT2D eigenvalue weighted by Crippen LogP contribution is 2.33. The molecule has 3 aromatic rings. The number of rotatable bonds is 5. The molecule has 0 unspecified atom stereocenters. The van der Waals surface area contributed by atoms with Crippen LogP contribution in [0.3, 0.4) is 0 Å². The van der Waals surface area contributed by atoms with Crippen LogP contribution in [0.1, 0.15) is 35.2 Å². The number of halogens is 2. The Morgan fingerprint density at radius 2 is 1.75 bits per heavy atom. The predicted octanol–water partition coefficient (Wildman–Crippen LogP) is 5.49. The van der Waals surface area contributed by atoms with E-state index in [0.717, 1.165) is 37.9 Å². The molecule has 32 heavy (non-hydrogen) atoms. The van der Waals surface area contributed by atoms with Crippen LogP contribution in [0.5, 0.6) is 5.75 Å². The van der Waals surface area contributed by atoms with Crippen LogP contribution >= 0.6 is 23.2 Å². The molecule has 0 radical (unpaired) electrons. The molecular weight excluding hydrogens is 449 g/mol. The molecule has 6 nitrogen and oxygen atoms in total. The van der Waals surface area contributed by atoms with Crippen molar-refractivity contribution >= 4 is 51.6 Å². The van der Waals surface area contributed by atoms with Crippen molar-refractivity contribution in [1.82, 2.24) is 9.88 Å². The second-order valence-corrected chi connectivity index (χ2v) is 8.57. The van der Waals surface area contributed by atoms with E-state index in [0.29, 0.717) is 22.3 Å². The minimum atomic E-state index is -0.432. The highest BCUT2D eigenvalue weighted by Gasteiger charge is 2.20. The molecule has 1 saturated heterocycles. The molecule has 0 saturated carbocycles. The number of aromatic nitrogens is 1. The third-order valence-electron chi connectivity index (χ3n) is 5.51. The summed E-state index contributed by atoms with van der Waals surface area (Å²) in [7, 11) is 0. The van der Waals surface area contributed by atoms with Gasteiger partial charge in [0, 0.05) is 30.2 Å². The van der Waals surface area contributed by atoms with Crippen molar-refractivity contribution in [1.29, 1.82) is 0 Å². The summed E-state index contributed by atoms with van der Waals surface area (Å²) in [5.41, 5.74) is 2.05. The number of carbonyl (C=O) groups is 2. The molecular formula is C24H23Cl2N3O3. The van der Waals surface area contributed by atoms with Crippen LogP contribution in [0.4, 0.5) is 5.69 Å². The molecule has 1 fully saturated rings. The summed E-state index contributed by atoms with van der Waals surface area (Å²) in [6.07, 6.45) is 4.89. The molecule has 2 heterocycles. The first-order valence-electron chi connectivity index (χ1n) is 10.5. The fourth-order valence-electron chi connectivity index (χ4n) is 3.86. The molecule has 0 bridgehead atoms. The maximum absolute atomic E-state index is 12.9. The van der Waals surface area contributed by atoms with Gasteiger partial charge < -0.3 is 15.0 Å². The number of amides is 2. The number of aryl methyl sites for hydroxylation is 1. The Labute approximate surface area is 196 Å². The zero-order valence-electron chi connectivity index (χ0n) is 17.7. The van der Waals surface area contributed by atoms with Gasteiger partial charge in [-0.2, -0.15) is 0 Å². The van der Waals surface area contributed by atoms with Gasteiger partial charge in [-0.25, -0.2) is 0 Å². The summed E-state index contributed by atoms with van der Waals surface area (Å²) in [4.78, 5) is 31.7. The molecule has 1 aliphatic rings. The van der Waals surface area contributed by atoms with Crippen molar-refractivity contribution in [3.63, 3.8) is 0 Å². The average molecular weight is 472 g/mol. The monoisotopic (exact) mass is 471 g/mol. The molecule has 4 rings (SSSR count). The molecule has 166 valence electrons. The van der Waals surface area contributed by atoms with E-state index in [1.165, 1.54) is 0 Å². The molecule has 0 atom stereocenters. The van der Waals surface area contributed by atoms with Gasteiger partial charge in [0.2, 0.25) is 0 Å². The lowest BCUT2D eigenvalue weighted by Gasteiger charge is -2.26. The van der Waals surface area contributed by atoms with Crippen LogP contribution in [0.25, 0.3) is 10.9 Å². The Balaban J connectivity index is 1.59. The van der Waals surface area contributed by atoms with E-state index >= 15 is 0 Å². The summed E-state index contributed by atoms with van der Waals surface area (Å²) < 4.78 is 5.96. The number of anilines is 1. The number of likely N-dealkylation sites (tertiary alicyclic amines) is 1. The van der Waals surface area contributed by atoms with E-state index in [4.69, 9.17) is 27.9 Å². The Morgan fingerprint density at radius 1 is 1.06 bits per heavy atom. The van der Waals surface area contributed by atoms with Gasteiger partial charge in [0.05, 0.1) is 26.8 Å². The first-order chi connectivity index (χ1) is 15.5. The van der Waals surface area contributed by atoms with Gasteiger partial charge in [-0.1, -0.05) is 35.3 Å². The lowest BCUT2D eigenvalue weighted by molar-refractivity contribution is -0.134. The van der Waals surface area contributed by atoms with Gasteiger partial charge in [0.25, 0.3) is 11.8 Å². The third kappa shape index (κ3) is 4.66. The zero-order chi connectivity index (χ0) is 22.7. The summed E-state index contributed by atoms with van der Waals surface area (Å²) in [5.74, 6) is 0.123. The van der Waals surface area contributed by atoms with Crippen LogP contribution < -0.4 is 10.1 Å². The standard InChI is InChI=1S/C24H23Cl2N3O3/c1-15-13-27-22-16(23(15)32-14-20(30)29-11-3-2-4-12-29)7-5-10-19(22)28-24(31)21-17(25)8-6-9-18(21)26/h5-10,13H,2-4,11-12,14H2,1H3,(H,28,31). The SMILES string of the molecule is Cc1cnc2c(NC(=O)c3c(Cl)cccc3Cl)cccc2c1OCC(=O)N1CCCCC1. The van der Waals surface area contributed by atoms with E-state index in [9.17, 15) is 9.59 Å². The van der Waals surface area contributed by atoms with Crippen LogP contribution in [0.15, 0.2) is 42.6 Å². The third-order valence-corrected chi connectivity index (χ3v) is 6.14. The molecule has 0 aliphatic carbocycles. The van der Waals surface area contributed by atoms with E-state index in [1.54, 1.807) is 36.5 Å². The maximum Gasteiger partial charge on any atom is 0.260 e. The predicted molar refractivity (Wildman–Crippen MR) is 127 cm³/mol. The van der Waals surface area contributed by atoms with Gasteiger partial charge >= 0.3 is 0 Å². The van der Waals surface area contributed by atoms with E-state index < -0.39 is 5.91 Å². The number of nitrogens with zero attached hydrogens (tertiary/aromatic N) is 2. The van der Waals surface area contributed by atoms with E-state index in [-0.39, 0.29) is 28.1 Å². The first kappa shape index (κ1) is 22.4. The van der Waals surface area contributed by atoms with Crippen LogP contribution in [-0.2, 0) is 4.79 Å². The fraction of sp³-hybridized carbons (Fsp3) is 0.292. The Bertz CT molecular complexity index is 1160. The number of ether oxygens (including phenoxy) is 1. The van der Waals surface area contributed by atoms with Gasteiger partial charge in [-0.05, 0) is 50.5 Å². The van der Waals surface area contributed by atoms with Gasteiger partial charge in [0.1, 0.15) is 5.75 Å². The lowest BCUT2D eigenvalue weighted by Crippen LogP contribution is -2.38. The minimum Gasteiger partial charge on any atom is -0.483 e. The number of nitrogens with one attached hydrogen (secondary N) is 1. The zero-order valence-corrected chi connectivity index (χ0v) is 19.2. The van der Waals surface area contributed by atoms with Gasteiger partial charge in [0.15, 0.2) is 6.61 Å². The molecule has 1 aromatic heterocycles. The topological polar surface area (TPSA) is 71.5 Å². The molecule has 0 spiro atoms. The first-order valence-corrected chi connectivity index (χ1v) is 11.3. The second-order valence-electron chi connectivity index (χ2n) is 7.75. The van der Waals surface area contributed by atoms with Crippen molar-refractivity contribution in [3.05, 3.63) is 63.8 Å². The number of benzene rings is 2. The average Bonchev–Trinajstić information content (AvgIpc) is 2.79. The summed E-state index contributed by atoms with van der Waals surface area (Å²) in [6, 6.07) is 10.3. The number of fused-ring (bicyclic) bond motifs is 1. The molecule has 2 aromatic carbocycles. The van der Waals surface area contributed by atoms with Crippen molar-refractivity contribution in [3.8, 4) is 5.75 Å². The Morgan fingerprint density at radius 3 is 2.47 bits per heavy atom. The summed E-state index contributed by atoms with van der Waals surface area (Å²) in [5, 5.41) is 4.08. The van der Waals surface area contributed by atoms with Crippen molar-refractivity contribution in [2.24, 2.45) is 0 Å². The lowest BCUT2D eigenvalue weighted by atomic mass is 10.1.